The maximum Gasteiger partial charge on any atom is 0.294 e. The Morgan fingerprint density at radius 1 is 0.909 bits per heavy atom. The molecule has 2 heterocycles. The molecule has 0 aliphatic carbocycles. The zero-order valence-corrected chi connectivity index (χ0v) is 17.8. The molecule has 33 heavy (non-hydrogen) atoms. The fourth-order valence-corrected chi connectivity index (χ4v) is 3.32. The normalized spacial score (nSPS) is 10.6. The van der Waals surface area contributed by atoms with Crippen LogP contribution in [0.4, 0.5) is 10.1 Å². The zero-order chi connectivity index (χ0) is 23.0. The number of halogens is 1. The molecule has 6 nitrogen and oxygen atoms in total. The Bertz CT molecular complexity index is 1190. The van der Waals surface area contributed by atoms with Crippen molar-refractivity contribution in [1.82, 2.24) is 10.3 Å². The van der Waals surface area contributed by atoms with Crippen LogP contribution in [0.5, 0.6) is 0 Å². The molecule has 1 N–H and O–H groups in total. The average molecular weight is 443 g/mol. The van der Waals surface area contributed by atoms with Crippen molar-refractivity contribution in [1.29, 1.82) is 0 Å². The van der Waals surface area contributed by atoms with Crippen LogP contribution in [-0.4, -0.2) is 16.8 Å². The van der Waals surface area contributed by atoms with Crippen LogP contribution in [0, 0.1) is 5.82 Å². The SMILES string of the molecule is O=C(Cc1ccc(N(Cc2ccc(F)cc2)C(=O)c2ccco2)cc1)NCc1ccccn1. The molecule has 0 fully saturated rings. The second-order valence-electron chi connectivity index (χ2n) is 7.44. The van der Waals surface area contributed by atoms with E-state index in [1.807, 2.05) is 30.3 Å². The minimum Gasteiger partial charge on any atom is -0.459 e. The van der Waals surface area contributed by atoms with Gasteiger partial charge in [0.25, 0.3) is 5.91 Å². The van der Waals surface area contributed by atoms with Gasteiger partial charge < -0.3 is 14.6 Å². The maximum absolute atomic E-state index is 13.3. The van der Waals surface area contributed by atoms with E-state index in [2.05, 4.69) is 10.3 Å². The quantitative estimate of drug-likeness (QED) is 0.435. The molecule has 0 bridgehead atoms. The highest BCUT2D eigenvalue weighted by Gasteiger charge is 2.20. The summed E-state index contributed by atoms with van der Waals surface area (Å²) < 4.78 is 18.6. The highest BCUT2D eigenvalue weighted by Crippen LogP contribution is 2.22. The molecule has 0 radical (unpaired) electrons. The number of hydrogen-bond acceptors (Lipinski definition) is 4. The Balaban J connectivity index is 1.46. The molecular weight excluding hydrogens is 421 g/mol. The number of rotatable bonds is 8. The van der Waals surface area contributed by atoms with E-state index in [0.29, 0.717) is 12.2 Å². The smallest absolute Gasteiger partial charge is 0.294 e. The van der Waals surface area contributed by atoms with E-state index in [1.165, 1.54) is 18.4 Å². The van der Waals surface area contributed by atoms with Gasteiger partial charge in [-0.15, -0.1) is 0 Å². The lowest BCUT2D eigenvalue weighted by Gasteiger charge is -2.22. The van der Waals surface area contributed by atoms with Crippen LogP contribution >= 0.6 is 0 Å². The molecule has 7 heteroatoms. The maximum atomic E-state index is 13.3. The van der Waals surface area contributed by atoms with E-state index in [1.54, 1.807) is 47.5 Å². The summed E-state index contributed by atoms with van der Waals surface area (Å²) in [5, 5.41) is 2.85. The Morgan fingerprint density at radius 2 is 1.67 bits per heavy atom. The Labute approximate surface area is 190 Å². The van der Waals surface area contributed by atoms with E-state index >= 15 is 0 Å². The molecule has 2 amide bonds. The first-order chi connectivity index (χ1) is 16.1. The molecule has 0 unspecified atom stereocenters. The van der Waals surface area contributed by atoms with Crippen molar-refractivity contribution >= 4 is 17.5 Å². The van der Waals surface area contributed by atoms with Gasteiger partial charge in [0.15, 0.2) is 5.76 Å². The van der Waals surface area contributed by atoms with E-state index in [0.717, 1.165) is 16.8 Å². The number of aromatic nitrogens is 1. The van der Waals surface area contributed by atoms with Crippen molar-refractivity contribution < 1.29 is 18.4 Å². The van der Waals surface area contributed by atoms with Gasteiger partial charge in [-0.2, -0.15) is 0 Å². The summed E-state index contributed by atoms with van der Waals surface area (Å²) >= 11 is 0. The number of nitrogens with one attached hydrogen (secondary N) is 1. The number of carbonyl (C=O) groups is 2. The molecule has 4 aromatic rings. The Hall–Kier alpha value is -4.26. The first-order valence-corrected chi connectivity index (χ1v) is 10.4. The third-order valence-electron chi connectivity index (χ3n) is 5.04. The predicted octanol–water partition coefficient (Wildman–Crippen LogP) is 4.52. The summed E-state index contributed by atoms with van der Waals surface area (Å²) in [5.74, 6) is -0.572. The van der Waals surface area contributed by atoms with Gasteiger partial charge in [0.2, 0.25) is 5.91 Å². The largest absolute Gasteiger partial charge is 0.459 e. The first-order valence-electron chi connectivity index (χ1n) is 10.4. The van der Waals surface area contributed by atoms with Crippen molar-refractivity contribution in [3.63, 3.8) is 0 Å². The Kier molecular flexibility index (Phi) is 6.90. The second kappa shape index (κ2) is 10.4. The van der Waals surface area contributed by atoms with Crippen LogP contribution < -0.4 is 10.2 Å². The topological polar surface area (TPSA) is 75.4 Å². The van der Waals surface area contributed by atoms with Crippen LogP contribution in [0.25, 0.3) is 0 Å². The molecular formula is C26H22FN3O3. The molecule has 4 rings (SSSR count). The minimum atomic E-state index is -0.340. The number of hydrogen-bond donors (Lipinski definition) is 1. The van der Waals surface area contributed by atoms with Crippen molar-refractivity contribution in [2.75, 3.05) is 4.90 Å². The molecule has 0 saturated heterocycles. The summed E-state index contributed by atoms with van der Waals surface area (Å²) in [5.41, 5.74) is 3.01. The number of furan rings is 1. The molecule has 0 spiro atoms. The zero-order valence-electron chi connectivity index (χ0n) is 17.8. The predicted molar refractivity (Wildman–Crippen MR) is 122 cm³/mol. The standard InChI is InChI=1S/C26H22FN3O3/c27-21-10-6-20(7-11-21)18-30(26(32)24-5-3-15-33-24)23-12-8-19(9-13-23)16-25(31)29-17-22-4-1-2-14-28-22/h1-15H,16-18H2,(H,29,31). The lowest BCUT2D eigenvalue weighted by Crippen LogP contribution is -2.30. The summed E-state index contributed by atoms with van der Waals surface area (Å²) in [6.45, 7) is 0.602. The number of pyridine rings is 1. The number of amides is 2. The van der Waals surface area contributed by atoms with Crippen LogP contribution in [0.1, 0.15) is 27.4 Å². The van der Waals surface area contributed by atoms with E-state index in [-0.39, 0.29) is 36.4 Å². The van der Waals surface area contributed by atoms with Crippen molar-refractivity contribution in [2.45, 2.75) is 19.5 Å². The number of benzene rings is 2. The fourth-order valence-electron chi connectivity index (χ4n) is 3.32. The molecule has 0 atom stereocenters. The number of anilines is 1. The molecule has 166 valence electrons. The second-order valence-corrected chi connectivity index (χ2v) is 7.44. The average Bonchev–Trinajstić information content (AvgIpc) is 3.38. The third kappa shape index (κ3) is 5.92. The van der Waals surface area contributed by atoms with Gasteiger partial charge in [-0.1, -0.05) is 30.3 Å². The minimum absolute atomic E-state index is 0.122. The molecule has 2 aromatic heterocycles. The van der Waals surface area contributed by atoms with Gasteiger partial charge in [0.1, 0.15) is 5.82 Å². The third-order valence-corrected chi connectivity index (χ3v) is 5.04. The van der Waals surface area contributed by atoms with Crippen molar-refractivity contribution in [2.24, 2.45) is 0 Å². The van der Waals surface area contributed by atoms with E-state index in [9.17, 15) is 14.0 Å². The van der Waals surface area contributed by atoms with Gasteiger partial charge in [-0.05, 0) is 59.7 Å². The molecule has 0 saturated carbocycles. The van der Waals surface area contributed by atoms with Crippen LogP contribution in [0.3, 0.4) is 0 Å². The van der Waals surface area contributed by atoms with Gasteiger partial charge in [0.05, 0.1) is 31.5 Å². The van der Waals surface area contributed by atoms with E-state index < -0.39 is 0 Å². The summed E-state index contributed by atoms with van der Waals surface area (Å²) in [6.07, 6.45) is 3.33. The van der Waals surface area contributed by atoms with Gasteiger partial charge in [-0.25, -0.2) is 4.39 Å². The number of nitrogens with zero attached hydrogens (tertiary/aromatic N) is 2. The van der Waals surface area contributed by atoms with Gasteiger partial charge in [0, 0.05) is 11.9 Å². The molecule has 2 aromatic carbocycles. The van der Waals surface area contributed by atoms with Crippen LogP contribution in [0.15, 0.2) is 95.7 Å². The summed E-state index contributed by atoms with van der Waals surface area (Å²) in [7, 11) is 0. The molecule has 0 aliphatic rings. The van der Waals surface area contributed by atoms with Crippen LogP contribution in [0.2, 0.25) is 0 Å². The van der Waals surface area contributed by atoms with Gasteiger partial charge in [-0.3, -0.25) is 14.6 Å². The lowest BCUT2D eigenvalue weighted by molar-refractivity contribution is -0.120. The van der Waals surface area contributed by atoms with Crippen LogP contribution in [-0.2, 0) is 24.3 Å². The lowest BCUT2D eigenvalue weighted by atomic mass is 10.1. The van der Waals surface area contributed by atoms with Crippen molar-refractivity contribution in [3.8, 4) is 0 Å². The first kappa shape index (κ1) is 22.0. The summed E-state index contributed by atoms with van der Waals surface area (Å²) in [6, 6.07) is 22.0. The highest BCUT2D eigenvalue weighted by molar-refractivity contribution is 6.04. The monoisotopic (exact) mass is 443 g/mol. The highest BCUT2D eigenvalue weighted by atomic mass is 19.1. The number of carbonyl (C=O) groups excluding carboxylic acids is 2. The fraction of sp³-hybridized carbons (Fsp3) is 0.115. The summed E-state index contributed by atoms with van der Waals surface area (Å²) in [4.78, 5) is 31.1. The van der Waals surface area contributed by atoms with Crippen molar-refractivity contribution in [3.05, 3.63) is 120 Å². The Morgan fingerprint density at radius 3 is 2.33 bits per heavy atom. The van der Waals surface area contributed by atoms with Gasteiger partial charge >= 0.3 is 0 Å². The van der Waals surface area contributed by atoms with E-state index in [4.69, 9.17) is 4.42 Å². The molecule has 0 aliphatic heterocycles.